The van der Waals surface area contributed by atoms with Crippen LogP contribution >= 0.6 is 0 Å². The normalized spacial score (nSPS) is 25.6. The van der Waals surface area contributed by atoms with Gasteiger partial charge in [0, 0.05) is 26.2 Å². The van der Waals surface area contributed by atoms with Crippen molar-refractivity contribution < 1.29 is 13.5 Å². The maximum absolute atomic E-state index is 12.1. The summed E-state index contributed by atoms with van der Waals surface area (Å²) in [5.74, 6) is 0.870. The largest absolute Gasteiger partial charge is 0.396 e. The fraction of sp³-hybridized carbons (Fsp3) is 1.00. The minimum Gasteiger partial charge on any atom is -0.396 e. The summed E-state index contributed by atoms with van der Waals surface area (Å²) in [7, 11) is -3.31. The van der Waals surface area contributed by atoms with Crippen molar-refractivity contribution in [3.05, 3.63) is 0 Å². The Kier molecular flexibility index (Phi) is 7.28. The van der Waals surface area contributed by atoms with Crippen LogP contribution in [0.25, 0.3) is 0 Å². The van der Waals surface area contributed by atoms with E-state index in [1.54, 1.807) is 4.31 Å². The first-order valence-corrected chi connectivity index (χ1v) is 8.75. The van der Waals surface area contributed by atoms with E-state index in [9.17, 15) is 8.42 Å². The lowest BCUT2D eigenvalue weighted by Gasteiger charge is -2.33. The van der Waals surface area contributed by atoms with Gasteiger partial charge in [0.05, 0.1) is 0 Å². The molecule has 1 saturated heterocycles. The first-order valence-electron chi connectivity index (χ1n) is 7.31. The van der Waals surface area contributed by atoms with Gasteiger partial charge in [-0.1, -0.05) is 26.7 Å². The number of hydrogen-bond donors (Lipinski definition) is 2. The highest BCUT2D eigenvalue weighted by molar-refractivity contribution is 7.87. The van der Waals surface area contributed by atoms with Gasteiger partial charge in [-0.15, -0.1) is 0 Å². The molecule has 0 aromatic carbocycles. The minimum absolute atomic E-state index is 0.218. The van der Waals surface area contributed by atoms with E-state index < -0.39 is 10.2 Å². The molecule has 2 N–H and O–H groups in total. The summed E-state index contributed by atoms with van der Waals surface area (Å²) < 4.78 is 28.5. The van der Waals surface area contributed by atoms with Crippen molar-refractivity contribution in [1.82, 2.24) is 9.03 Å². The molecule has 2 unspecified atom stereocenters. The van der Waals surface area contributed by atoms with E-state index in [1.807, 2.05) is 0 Å². The number of aliphatic hydroxyl groups is 1. The van der Waals surface area contributed by atoms with Gasteiger partial charge in [-0.2, -0.15) is 12.7 Å². The zero-order valence-corrected chi connectivity index (χ0v) is 13.0. The summed E-state index contributed by atoms with van der Waals surface area (Å²) >= 11 is 0. The van der Waals surface area contributed by atoms with E-state index in [0.29, 0.717) is 31.5 Å². The molecular formula is C13H28N2O3S. The molecule has 0 spiro atoms. The van der Waals surface area contributed by atoms with Gasteiger partial charge in [-0.05, 0) is 31.1 Å². The number of piperidine rings is 1. The SMILES string of the molecule is CC1CC(C)CN(S(=O)(=O)NCCCCCCO)C1. The van der Waals surface area contributed by atoms with E-state index in [0.717, 1.165) is 32.1 Å². The Morgan fingerprint density at radius 1 is 1.11 bits per heavy atom. The van der Waals surface area contributed by atoms with Gasteiger partial charge in [0.15, 0.2) is 0 Å². The summed E-state index contributed by atoms with van der Waals surface area (Å²) in [6.45, 7) is 6.18. The van der Waals surface area contributed by atoms with Crippen LogP contribution in [0.1, 0.15) is 46.0 Å². The molecule has 19 heavy (non-hydrogen) atoms. The van der Waals surface area contributed by atoms with E-state index >= 15 is 0 Å². The molecular weight excluding hydrogens is 264 g/mol. The number of rotatable bonds is 8. The summed E-state index contributed by atoms with van der Waals surface area (Å²) in [6, 6.07) is 0. The molecule has 0 saturated carbocycles. The van der Waals surface area contributed by atoms with Crippen molar-refractivity contribution >= 4 is 10.2 Å². The van der Waals surface area contributed by atoms with Crippen molar-refractivity contribution in [2.24, 2.45) is 11.8 Å². The molecule has 0 radical (unpaired) electrons. The van der Waals surface area contributed by atoms with Crippen molar-refractivity contribution in [2.45, 2.75) is 46.0 Å². The molecule has 5 nitrogen and oxygen atoms in total. The molecule has 0 aliphatic carbocycles. The van der Waals surface area contributed by atoms with Crippen molar-refractivity contribution in [1.29, 1.82) is 0 Å². The van der Waals surface area contributed by atoms with Crippen LogP contribution in [0, 0.1) is 11.8 Å². The molecule has 1 fully saturated rings. The van der Waals surface area contributed by atoms with Gasteiger partial charge in [-0.25, -0.2) is 4.72 Å². The zero-order chi connectivity index (χ0) is 14.3. The third-order valence-corrected chi connectivity index (χ3v) is 5.09. The Labute approximate surface area is 117 Å². The van der Waals surface area contributed by atoms with Gasteiger partial charge in [-0.3, -0.25) is 0 Å². The minimum atomic E-state index is -3.31. The average Bonchev–Trinajstić information content (AvgIpc) is 2.32. The predicted molar refractivity (Wildman–Crippen MR) is 77.0 cm³/mol. The maximum atomic E-state index is 12.1. The van der Waals surface area contributed by atoms with Crippen LogP contribution in [-0.4, -0.2) is 44.1 Å². The zero-order valence-electron chi connectivity index (χ0n) is 12.1. The molecule has 0 bridgehead atoms. The highest BCUT2D eigenvalue weighted by atomic mass is 32.2. The Morgan fingerprint density at radius 2 is 1.68 bits per heavy atom. The smallest absolute Gasteiger partial charge is 0.279 e. The monoisotopic (exact) mass is 292 g/mol. The first-order chi connectivity index (χ1) is 8.95. The van der Waals surface area contributed by atoms with Gasteiger partial charge < -0.3 is 5.11 Å². The molecule has 0 aromatic rings. The van der Waals surface area contributed by atoms with Crippen LogP contribution in [-0.2, 0) is 10.2 Å². The lowest BCUT2D eigenvalue weighted by molar-refractivity contribution is 0.220. The predicted octanol–water partition coefficient (Wildman–Crippen LogP) is 1.35. The van der Waals surface area contributed by atoms with E-state index in [-0.39, 0.29) is 6.61 Å². The fourth-order valence-electron chi connectivity index (χ4n) is 2.68. The second-order valence-electron chi connectivity index (χ2n) is 5.80. The molecule has 6 heteroatoms. The average molecular weight is 292 g/mol. The maximum Gasteiger partial charge on any atom is 0.279 e. The summed E-state index contributed by atoms with van der Waals surface area (Å²) in [4.78, 5) is 0. The molecule has 1 rings (SSSR count). The topological polar surface area (TPSA) is 69.6 Å². The lowest BCUT2D eigenvalue weighted by atomic mass is 9.94. The van der Waals surface area contributed by atoms with Crippen LogP contribution in [0.3, 0.4) is 0 Å². The van der Waals surface area contributed by atoms with E-state index in [4.69, 9.17) is 5.11 Å². The second kappa shape index (κ2) is 8.19. The van der Waals surface area contributed by atoms with Crippen LogP contribution in [0.15, 0.2) is 0 Å². The van der Waals surface area contributed by atoms with Crippen LogP contribution in [0.2, 0.25) is 0 Å². The third-order valence-electron chi connectivity index (χ3n) is 3.54. The quantitative estimate of drug-likeness (QED) is 0.664. The van der Waals surface area contributed by atoms with Crippen molar-refractivity contribution in [3.8, 4) is 0 Å². The standard InChI is InChI=1S/C13H28N2O3S/c1-12-9-13(2)11-15(10-12)19(17,18)14-7-5-3-4-6-8-16/h12-14,16H,3-11H2,1-2H3. The summed E-state index contributed by atoms with van der Waals surface area (Å²) in [5.41, 5.74) is 0. The Balaban J connectivity index is 2.30. The molecule has 0 aromatic heterocycles. The molecule has 2 atom stereocenters. The van der Waals surface area contributed by atoms with Crippen molar-refractivity contribution in [2.75, 3.05) is 26.2 Å². The number of nitrogens with zero attached hydrogens (tertiary/aromatic N) is 1. The fourth-order valence-corrected chi connectivity index (χ4v) is 4.17. The van der Waals surface area contributed by atoms with Crippen LogP contribution in [0.4, 0.5) is 0 Å². The van der Waals surface area contributed by atoms with Crippen LogP contribution in [0.5, 0.6) is 0 Å². The van der Waals surface area contributed by atoms with Crippen LogP contribution < -0.4 is 4.72 Å². The third kappa shape index (κ3) is 6.21. The summed E-state index contributed by atoms with van der Waals surface area (Å²) in [5, 5.41) is 8.65. The van der Waals surface area contributed by atoms with Crippen molar-refractivity contribution in [3.63, 3.8) is 0 Å². The van der Waals surface area contributed by atoms with Gasteiger partial charge in [0.2, 0.25) is 0 Å². The number of unbranched alkanes of at least 4 members (excludes halogenated alkanes) is 3. The summed E-state index contributed by atoms with van der Waals surface area (Å²) in [6.07, 6.45) is 4.64. The highest BCUT2D eigenvalue weighted by Crippen LogP contribution is 2.22. The Bertz CT molecular complexity index is 336. The highest BCUT2D eigenvalue weighted by Gasteiger charge is 2.29. The molecule has 1 aliphatic rings. The molecule has 114 valence electrons. The second-order valence-corrected chi connectivity index (χ2v) is 7.56. The van der Waals surface area contributed by atoms with Gasteiger partial charge >= 0.3 is 0 Å². The molecule has 1 heterocycles. The number of nitrogens with one attached hydrogen (secondary N) is 1. The lowest BCUT2D eigenvalue weighted by Crippen LogP contribution is -2.48. The number of hydrogen-bond acceptors (Lipinski definition) is 3. The number of aliphatic hydroxyl groups excluding tert-OH is 1. The Morgan fingerprint density at radius 3 is 2.26 bits per heavy atom. The molecule has 1 aliphatic heterocycles. The van der Waals surface area contributed by atoms with E-state index in [1.165, 1.54) is 0 Å². The van der Waals surface area contributed by atoms with Gasteiger partial charge in [0.25, 0.3) is 10.2 Å². The Hall–Kier alpha value is -0.170. The van der Waals surface area contributed by atoms with Gasteiger partial charge in [0.1, 0.15) is 0 Å². The van der Waals surface area contributed by atoms with E-state index in [2.05, 4.69) is 18.6 Å². The first kappa shape index (κ1) is 16.9. The molecule has 0 amide bonds.